The van der Waals surface area contributed by atoms with Gasteiger partial charge < -0.3 is 14.5 Å². The van der Waals surface area contributed by atoms with Crippen molar-refractivity contribution in [1.82, 2.24) is 10.2 Å². The lowest BCUT2D eigenvalue weighted by atomic mass is 10.1. The Labute approximate surface area is 182 Å². The van der Waals surface area contributed by atoms with E-state index < -0.39 is 0 Å². The molecule has 1 heterocycles. The van der Waals surface area contributed by atoms with Crippen LogP contribution in [-0.4, -0.2) is 21.9 Å². The van der Waals surface area contributed by atoms with Gasteiger partial charge in [0.2, 0.25) is 5.91 Å². The van der Waals surface area contributed by atoms with Crippen molar-refractivity contribution < 1.29 is 13.9 Å². The topological polar surface area (TPSA) is 77.2 Å². The van der Waals surface area contributed by atoms with Crippen LogP contribution in [-0.2, 0) is 17.8 Å². The number of aromatic nitrogens is 2. The number of carbonyl (C=O) groups is 1. The van der Waals surface area contributed by atoms with Crippen LogP contribution in [0, 0.1) is 13.8 Å². The molecular formula is C21H22BrN3O3S. The first-order valence-corrected chi connectivity index (χ1v) is 11.0. The summed E-state index contributed by atoms with van der Waals surface area (Å²) in [5.41, 5.74) is 4.08. The molecule has 1 aromatic heterocycles. The van der Waals surface area contributed by atoms with Crippen molar-refractivity contribution in [2.24, 2.45) is 0 Å². The third kappa shape index (κ3) is 6.08. The van der Waals surface area contributed by atoms with Crippen LogP contribution in [0.1, 0.15) is 29.5 Å². The molecule has 152 valence electrons. The number of anilines is 1. The van der Waals surface area contributed by atoms with E-state index in [0.717, 1.165) is 33.5 Å². The van der Waals surface area contributed by atoms with Crippen molar-refractivity contribution in [3.8, 4) is 5.75 Å². The fourth-order valence-corrected chi connectivity index (χ4v) is 4.00. The van der Waals surface area contributed by atoms with E-state index in [0.29, 0.717) is 11.1 Å². The molecule has 1 N–H and O–H groups in total. The summed E-state index contributed by atoms with van der Waals surface area (Å²) in [5, 5.41) is 11.2. The van der Waals surface area contributed by atoms with Gasteiger partial charge >= 0.3 is 0 Å². The van der Waals surface area contributed by atoms with Gasteiger partial charge in [-0.2, -0.15) is 0 Å². The van der Waals surface area contributed by atoms with Gasteiger partial charge in [-0.25, -0.2) is 0 Å². The maximum absolute atomic E-state index is 12.3. The summed E-state index contributed by atoms with van der Waals surface area (Å²) in [6.07, 6.45) is 0.985. The SMILES string of the molecule is CCc1ccc(OCc2nnc(SCC(=O)Nc3c(C)cc(Br)cc3C)o2)cc1. The van der Waals surface area contributed by atoms with Gasteiger partial charge in [-0.05, 0) is 61.2 Å². The molecule has 0 aliphatic carbocycles. The lowest BCUT2D eigenvalue weighted by molar-refractivity contribution is -0.113. The van der Waals surface area contributed by atoms with Gasteiger partial charge in [0.05, 0.1) is 5.75 Å². The summed E-state index contributed by atoms with van der Waals surface area (Å²) < 4.78 is 12.2. The Morgan fingerprint density at radius 1 is 1.17 bits per heavy atom. The zero-order valence-electron chi connectivity index (χ0n) is 16.5. The number of hydrogen-bond acceptors (Lipinski definition) is 6. The molecule has 0 saturated carbocycles. The molecule has 0 fully saturated rings. The Morgan fingerprint density at radius 2 is 1.86 bits per heavy atom. The lowest BCUT2D eigenvalue weighted by Crippen LogP contribution is -2.15. The minimum Gasteiger partial charge on any atom is -0.484 e. The van der Waals surface area contributed by atoms with Gasteiger partial charge in [-0.3, -0.25) is 4.79 Å². The number of halogens is 1. The number of hydrogen-bond donors (Lipinski definition) is 1. The molecule has 3 aromatic rings. The third-order valence-electron chi connectivity index (χ3n) is 4.23. The number of thioether (sulfide) groups is 1. The fourth-order valence-electron chi connectivity index (χ4n) is 2.73. The summed E-state index contributed by atoms with van der Waals surface area (Å²) in [5.74, 6) is 1.16. The van der Waals surface area contributed by atoms with Crippen molar-refractivity contribution >= 4 is 39.3 Å². The normalized spacial score (nSPS) is 10.8. The highest BCUT2D eigenvalue weighted by Crippen LogP contribution is 2.26. The molecule has 8 heteroatoms. The number of benzene rings is 2. The number of amides is 1. The molecule has 0 bridgehead atoms. The molecule has 29 heavy (non-hydrogen) atoms. The summed E-state index contributed by atoms with van der Waals surface area (Å²) >= 11 is 4.65. The molecular weight excluding hydrogens is 454 g/mol. The number of ether oxygens (including phenoxy) is 1. The smallest absolute Gasteiger partial charge is 0.277 e. The van der Waals surface area contributed by atoms with Gasteiger partial charge in [0.25, 0.3) is 11.1 Å². The highest BCUT2D eigenvalue weighted by atomic mass is 79.9. The average Bonchev–Trinajstić information content (AvgIpc) is 3.16. The average molecular weight is 476 g/mol. The van der Waals surface area contributed by atoms with E-state index in [9.17, 15) is 4.79 Å². The largest absolute Gasteiger partial charge is 0.484 e. The van der Waals surface area contributed by atoms with E-state index in [2.05, 4.69) is 38.4 Å². The summed E-state index contributed by atoms with van der Waals surface area (Å²) in [6, 6.07) is 11.8. The standard InChI is InChI=1S/C21H22BrN3O3S/c1-4-15-5-7-17(8-6-15)27-11-19-24-25-21(28-19)29-12-18(26)23-20-13(2)9-16(22)10-14(20)3/h5-10H,4,11-12H2,1-3H3,(H,23,26). The second kappa shape index (κ2) is 9.93. The van der Waals surface area contributed by atoms with E-state index in [1.807, 2.05) is 50.2 Å². The highest BCUT2D eigenvalue weighted by Gasteiger charge is 2.12. The second-order valence-electron chi connectivity index (χ2n) is 6.50. The molecule has 3 rings (SSSR count). The number of nitrogens with one attached hydrogen (secondary N) is 1. The van der Waals surface area contributed by atoms with Gasteiger partial charge in [0, 0.05) is 10.2 Å². The molecule has 0 atom stereocenters. The number of aryl methyl sites for hydroxylation is 3. The lowest BCUT2D eigenvalue weighted by Gasteiger charge is -2.11. The molecule has 0 aliphatic heterocycles. The molecule has 2 aromatic carbocycles. The van der Waals surface area contributed by atoms with Crippen molar-refractivity contribution in [2.45, 2.75) is 39.0 Å². The van der Waals surface area contributed by atoms with Gasteiger partial charge in [0.15, 0.2) is 6.61 Å². The first-order chi connectivity index (χ1) is 13.9. The van der Waals surface area contributed by atoms with Gasteiger partial charge in [0.1, 0.15) is 5.75 Å². The maximum Gasteiger partial charge on any atom is 0.277 e. The minimum atomic E-state index is -0.129. The fraction of sp³-hybridized carbons (Fsp3) is 0.286. The van der Waals surface area contributed by atoms with Crippen LogP contribution in [0.5, 0.6) is 5.75 Å². The quantitative estimate of drug-likeness (QED) is 0.444. The summed E-state index contributed by atoms with van der Waals surface area (Å²) in [7, 11) is 0. The van der Waals surface area contributed by atoms with Gasteiger partial charge in [-0.15, -0.1) is 10.2 Å². The third-order valence-corrected chi connectivity index (χ3v) is 5.51. The van der Waals surface area contributed by atoms with Gasteiger partial charge in [-0.1, -0.05) is 46.7 Å². The monoisotopic (exact) mass is 475 g/mol. The Kier molecular flexibility index (Phi) is 7.33. The first kappa shape index (κ1) is 21.4. The van der Waals surface area contributed by atoms with E-state index in [1.54, 1.807) is 0 Å². The first-order valence-electron chi connectivity index (χ1n) is 9.18. The Bertz CT molecular complexity index is 966. The van der Waals surface area contributed by atoms with Crippen LogP contribution in [0.3, 0.4) is 0 Å². The minimum absolute atomic E-state index is 0.129. The predicted octanol–water partition coefficient (Wildman–Crippen LogP) is 5.32. The zero-order chi connectivity index (χ0) is 20.8. The summed E-state index contributed by atoms with van der Waals surface area (Å²) in [6.45, 7) is 6.21. The molecule has 0 unspecified atom stereocenters. The Balaban J connectivity index is 1.49. The second-order valence-corrected chi connectivity index (χ2v) is 8.34. The number of nitrogens with zero attached hydrogens (tertiary/aromatic N) is 2. The Morgan fingerprint density at radius 3 is 2.52 bits per heavy atom. The van der Waals surface area contributed by atoms with E-state index >= 15 is 0 Å². The molecule has 1 amide bonds. The number of rotatable bonds is 8. The zero-order valence-corrected chi connectivity index (χ0v) is 18.9. The predicted molar refractivity (Wildman–Crippen MR) is 117 cm³/mol. The van der Waals surface area contributed by atoms with E-state index in [-0.39, 0.29) is 18.3 Å². The van der Waals surface area contributed by atoms with Crippen LogP contribution in [0.25, 0.3) is 0 Å². The van der Waals surface area contributed by atoms with Crippen molar-refractivity contribution in [2.75, 3.05) is 11.1 Å². The van der Waals surface area contributed by atoms with Crippen molar-refractivity contribution in [3.05, 3.63) is 63.5 Å². The van der Waals surface area contributed by atoms with Crippen molar-refractivity contribution in [3.63, 3.8) is 0 Å². The van der Waals surface area contributed by atoms with Crippen LogP contribution in [0.4, 0.5) is 5.69 Å². The molecule has 0 spiro atoms. The molecule has 0 saturated heterocycles. The molecule has 0 aliphatic rings. The molecule has 6 nitrogen and oxygen atoms in total. The van der Waals surface area contributed by atoms with Crippen LogP contribution >= 0.6 is 27.7 Å². The van der Waals surface area contributed by atoms with E-state index in [4.69, 9.17) is 9.15 Å². The maximum atomic E-state index is 12.3. The Hall–Kier alpha value is -2.32. The highest BCUT2D eigenvalue weighted by molar-refractivity contribution is 9.10. The van der Waals surface area contributed by atoms with Crippen LogP contribution in [0.15, 0.2) is 50.5 Å². The van der Waals surface area contributed by atoms with Crippen molar-refractivity contribution in [1.29, 1.82) is 0 Å². The van der Waals surface area contributed by atoms with Crippen LogP contribution < -0.4 is 10.1 Å². The van der Waals surface area contributed by atoms with E-state index in [1.165, 1.54) is 17.3 Å². The molecule has 0 radical (unpaired) electrons. The summed E-state index contributed by atoms with van der Waals surface area (Å²) in [4.78, 5) is 12.3. The number of carbonyl (C=O) groups excluding carboxylic acids is 1. The van der Waals surface area contributed by atoms with Crippen LogP contribution in [0.2, 0.25) is 0 Å².